The van der Waals surface area contributed by atoms with Crippen molar-refractivity contribution in [1.29, 1.82) is 0 Å². The van der Waals surface area contributed by atoms with Crippen molar-refractivity contribution in [1.82, 2.24) is 4.90 Å². The highest BCUT2D eigenvalue weighted by molar-refractivity contribution is 6.20. The summed E-state index contributed by atoms with van der Waals surface area (Å²) in [7, 11) is 0. The summed E-state index contributed by atoms with van der Waals surface area (Å²) in [6, 6.07) is 0. The van der Waals surface area contributed by atoms with Crippen molar-refractivity contribution in [2.75, 3.05) is 19.6 Å². The second kappa shape index (κ2) is 4.17. The first kappa shape index (κ1) is 11.6. The first-order valence-electron chi connectivity index (χ1n) is 5.69. The molecular weight excluding hydrogens is 220 g/mol. The average Bonchev–Trinajstić information content (AvgIpc) is 1.97. The van der Waals surface area contributed by atoms with E-state index in [4.69, 9.17) is 11.6 Å². The maximum Gasteiger partial charge on any atom is 0.248 e. The average molecular weight is 238 g/mol. The van der Waals surface area contributed by atoms with Crippen molar-refractivity contribution in [2.24, 2.45) is 11.8 Å². The fraction of sp³-hybridized carbons (Fsp3) is 1.00. The Morgan fingerprint density at radius 1 is 1.33 bits per heavy atom. The van der Waals surface area contributed by atoms with Gasteiger partial charge < -0.3 is 4.90 Å². The van der Waals surface area contributed by atoms with Gasteiger partial charge in [-0.3, -0.25) is 0 Å². The van der Waals surface area contributed by atoms with Gasteiger partial charge in [-0.1, -0.05) is 6.92 Å². The van der Waals surface area contributed by atoms with Crippen molar-refractivity contribution in [2.45, 2.75) is 37.5 Å². The monoisotopic (exact) mass is 237 g/mol. The molecule has 0 N–H and O–H groups in total. The fourth-order valence-corrected chi connectivity index (χ4v) is 3.31. The van der Waals surface area contributed by atoms with Crippen LogP contribution in [0.4, 0.5) is 8.78 Å². The summed E-state index contributed by atoms with van der Waals surface area (Å²) in [5.41, 5.74) is 0. The standard InChI is InChI=1S/C11H18ClF2N/c1-8-2-10(12)7-15(5-8)6-9-3-11(13,14)4-9/h8-10H,2-7H2,1H3. The summed E-state index contributed by atoms with van der Waals surface area (Å²) in [5, 5.41) is 0.203. The van der Waals surface area contributed by atoms with E-state index in [1.54, 1.807) is 0 Å². The van der Waals surface area contributed by atoms with Crippen LogP contribution in [0.5, 0.6) is 0 Å². The van der Waals surface area contributed by atoms with Crippen molar-refractivity contribution >= 4 is 11.6 Å². The molecule has 2 rings (SSSR count). The van der Waals surface area contributed by atoms with Crippen molar-refractivity contribution < 1.29 is 8.78 Å². The summed E-state index contributed by atoms with van der Waals surface area (Å²) >= 11 is 6.12. The molecule has 0 aromatic heterocycles. The Balaban J connectivity index is 1.75. The van der Waals surface area contributed by atoms with Crippen molar-refractivity contribution in [3.63, 3.8) is 0 Å². The molecule has 0 bridgehead atoms. The molecule has 0 spiro atoms. The van der Waals surface area contributed by atoms with E-state index in [0.29, 0.717) is 5.92 Å². The lowest BCUT2D eigenvalue weighted by Crippen LogP contribution is -2.47. The highest BCUT2D eigenvalue weighted by Gasteiger charge is 2.45. The zero-order valence-corrected chi connectivity index (χ0v) is 9.81. The fourth-order valence-electron chi connectivity index (χ4n) is 2.81. The molecule has 0 radical (unpaired) electrons. The van der Waals surface area contributed by atoms with Gasteiger partial charge in [0, 0.05) is 37.9 Å². The lowest BCUT2D eigenvalue weighted by atomic mass is 9.80. The maximum atomic E-state index is 12.7. The molecule has 2 unspecified atom stereocenters. The van der Waals surface area contributed by atoms with Crippen molar-refractivity contribution in [3.8, 4) is 0 Å². The van der Waals surface area contributed by atoms with Crippen LogP contribution in [0.3, 0.4) is 0 Å². The van der Waals surface area contributed by atoms with E-state index in [2.05, 4.69) is 11.8 Å². The first-order chi connectivity index (χ1) is 6.94. The van der Waals surface area contributed by atoms with Crippen LogP contribution in [0.1, 0.15) is 26.2 Å². The molecule has 4 heteroatoms. The van der Waals surface area contributed by atoms with Gasteiger partial charge in [0.15, 0.2) is 0 Å². The summed E-state index contributed by atoms with van der Waals surface area (Å²) in [6.45, 7) is 4.87. The number of alkyl halides is 3. The second-order valence-electron chi connectivity index (χ2n) is 5.29. The quantitative estimate of drug-likeness (QED) is 0.668. The molecule has 1 aliphatic carbocycles. The molecule has 2 aliphatic rings. The third-order valence-electron chi connectivity index (χ3n) is 3.38. The minimum absolute atomic E-state index is 0.0742. The normalized spacial score (nSPS) is 37.6. The van der Waals surface area contributed by atoms with Crippen LogP contribution >= 0.6 is 11.6 Å². The minimum Gasteiger partial charge on any atom is -0.301 e. The highest BCUT2D eigenvalue weighted by Crippen LogP contribution is 2.43. The maximum absolute atomic E-state index is 12.7. The Morgan fingerprint density at radius 3 is 2.53 bits per heavy atom. The Labute approximate surface area is 94.8 Å². The Kier molecular flexibility index (Phi) is 3.22. The van der Waals surface area contributed by atoms with Crippen LogP contribution < -0.4 is 0 Å². The molecular formula is C11H18ClF2N. The summed E-state index contributed by atoms with van der Waals surface area (Å²) < 4.78 is 25.3. The lowest BCUT2D eigenvalue weighted by Gasteiger charge is -2.41. The third kappa shape index (κ3) is 3.04. The molecule has 1 heterocycles. The topological polar surface area (TPSA) is 3.24 Å². The second-order valence-corrected chi connectivity index (χ2v) is 5.90. The molecule has 88 valence electrons. The van der Waals surface area contributed by atoms with E-state index in [0.717, 1.165) is 26.1 Å². The Morgan fingerprint density at radius 2 is 2.00 bits per heavy atom. The van der Waals surface area contributed by atoms with Crippen LogP contribution in [-0.4, -0.2) is 35.8 Å². The third-order valence-corrected chi connectivity index (χ3v) is 3.69. The van der Waals surface area contributed by atoms with Gasteiger partial charge in [-0.25, -0.2) is 8.78 Å². The number of hydrogen-bond acceptors (Lipinski definition) is 1. The number of hydrogen-bond donors (Lipinski definition) is 0. The van der Waals surface area contributed by atoms with Gasteiger partial charge in [-0.15, -0.1) is 11.6 Å². The van der Waals surface area contributed by atoms with E-state index >= 15 is 0 Å². The van der Waals surface area contributed by atoms with E-state index in [1.807, 2.05) is 0 Å². The minimum atomic E-state index is -2.38. The molecule has 1 saturated carbocycles. The van der Waals surface area contributed by atoms with E-state index < -0.39 is 5.92 Å². The van der Waals surface area contributed by atoms with Gasteiger partial charge in [-0.05, 0) is 18.3 Å². The molecule has 1 nitrogen and oxygen atoms in total. The SMILES string of the molecule is CC1CC(Cl)CN(CC2CC(F)(F)C2)C1. The number of halogens is 3. The molecule has 0 amide bonds. The molecule has 2 fully saturated rings. The van der Waals surface area contributed by atoms with Crippen LogP contribution in [0.2, 0.25) is 0 Å². The Bertz CT molecular complexity index is 217. The van der Waals surface area contributed by atoms with Gasteiger partial charge in [0.2, 0.25) is 5.92 Å². The molecule has 2 atom stereocenters. The predicted octanol–water partition coefficient (Wildman–Crippen LogP) is 2.98. The van der Waals surface area contributed by atoms with Crippen LogP contribution in [0.15, 0.2) is 0 Å². The van der Waals surface area contributed by atoms with Crippen LogP contribution in [-0.2, 0) is 0 Å². The predicted molar refractivity (Wildman–Crippen MR) is 57.5 cm³/mol. The van der Waals surface area contributed by atoms with Crippen LogP contribution in [0.25, 0.3) is 0 Å². The number of rotatable bonds is 2. The number of nitrogens with zero attached hydrogens (tertiary/aromatic N) is 1. The zero-order chi connectivity index (χ0) is 11.1. The smallest absolute Gasteiger partial charge is 0.248 e. The molecule has 15 heavy (non-hydrogen) atoms. The molecule has 0 aromatic carbocycles. The summed E-state index contributed by atoms with van der Waals surface area (Å²) in [4.78, 5) is 2.26. The number of piperidine rings is 1. The Hall–Kier alpha value is 0.110. The largest absolute Gasteiger partial charge is 0.301 e. The highest BCUT2D eigenvalue weighted by atomic mass is 35.5. The van der Waals surface area contributed by atoms with Crippen LogP contribution in [0, 0.1) is 11.8 Å². The number of likely N-dealkylation sites (tertiary alicyclic amines) is 1. The lowest BCUT2D eigenvalue weighted by molar-refractivity contribution is -0.117. The van der Waals surface area contributed by atoms with Crippen molar-refractivity contribution in [3.05, 3.63) is 0 Å². The molecule has 1 aliphatic heterocycles. The van der Waals surface area contributed by atoms with E-state index in [9.17, 15) is 8.78 Å². The first-order valence-corrected chi connectivity index (χ1v) is 6.12. The van der Waals surface area contributed by atoms with Gasteiger partial charge >= 0.3 is 0 Å². The van der Waals surface area contributed by atoms with Gasteiger partial charge in [0.05, 0.1) is 0 Å². The summed E-state index contributed by atoms with van der Waals surface area (Å²) in [6.07, 6.45) is 1.20. The van der Waals surface area contributed by atoms with E-state index in [1.165, 1.54) is 0 Å². The van der Waals surface area contributed by atoms with Gasteiger partial charge in [-0.2, -0.15) is 0 Å². The van der Waals surface area contributed by atoms with Gasteiger partial charge in [0.25, 0.3) is 0 Å². The van der Waals surface area contributed by atoms with E-state index in [-0.39, 0.29) is 24.1 Å². The molecule has 1 saturated heterocycles. The molecule has 0 aromatic rings. The van der Waals surface area contributed by atoms with Gasteiger partial charge in [0.1, 0.15) is 0 Å². The zero-order valence-electron chi connectivity index (χ0n) is 9.06. The summed E-state index contributed by atoms with van der Waals surface area (Å²) in [5.74, 6) is -1.59.